The maximum absolute atomic E-state index is 13.1. The largest absolute Gasteiger partial charge is 0.492 e. The number of hydrogen-bond acceptors (Lipinski definition) is 6. The van der Waals surface area contributed by atoms with E-state index in [1.807, 2.05) is 17.5 Å². The fourth-order valence-corrected chi connectivity index (χ4v) is 4.31. The molecule has 0 spiro atoms. The van der Waals surface area contributed by atoms with Crippen molar-refractivity contribution in [2.75, 3.05) is 33.0 Å². The van der Waals surface area contributed by atoms with Gasteiger partial charge in [-0.1, -0.05) is 13.0 Å². The molecule has 0 amide bonds. The van der Waals surface area contributed by atoms with Crippen molar-refractivity contribution in [1.82, 2.24) is 14.4 Å². The van der Waals surface area contributed by atoms with Gasteiger partial charge in [-0.15, -0.1) is 0 Å². The van der Waals surface area contributed by atoms with Crippen LogP contribution in [0, 0.1) is 11.3 Å². The second kappa shape index (κ2) is 9.23. The van der Waals surface area contributed by atoms with Crippen LogP contribution in [0.4, 0.5) is 13.2 Å². The summed E-state index contributed by atoms with van der Waals surface area (Å²) in [6.07, 6.45) is 0.673. The van der Waals surface area contributed by atoms with Crippen molar-refractivity contribution in [1.29, 1.82) is 0 Å². The van der Waals surface area contributed by atoms with Crippen LogP contribution >= 0.6 is 0 Å². The smallest absolute Gasteiger partial charge is 0.433 e. The van der Waals surface area contributed by atoms with Crippen LogP contribution in [0.2, 0.25) is 0 Å². The standard InChI is InChI=1S/C25H26F3N3O4/c1-24(13-34-14-24)15-35-21-9-23-29-18(7-16-5-6-33-12-16)11-31(23)10-17(21)8-20(32)19-3-2-4-22(30-19)25(26,27)28/h2-4,9-11,16H,5-8,12-15H2,1H3. The lowest BCUT2D eigenvalue weighted by Gasteiger charge is -2.37. The first-order valence-corrected chi connectivity index (χ1v) is 11.5. The van der Waals surface area contributed by atoms with E-state index >= 15 is 0 Å². The summed E-state index contributed by atoms with van der Waals surface area (Å²) in [5, 5.41) is 0. The number of ketones is 1. The van der Waals surface area contributed by atoms with Crippen LogP contribution in [0.1, 0.15) is 40.8 Å². The molecule has 0 bridgehead atoms. The molecule has 1 atom stereocenters. The third-order valence-corrected chi connectivity index (χ3v) is 6.36. The van der Waals surface area contributed by atoms with E-state index in [2.05, 4.69) is 4.98 Å². The van der Waals surface area contributed by atoms with Gasteiger partial charge in [-0.25, -0.2) is 9.97 Å². The van der Waals surface area contributed by atoms with Crippen LogP contribution in [0.15, 0.2) is 36.7 Å². The van der Waals surface area contributed by atoms with Crippen molar-refractivity contribution < 1.29 is 32.2 Å². The summed E-state index contributed by atoms with van der Waals surface area (Å²) in [5.41, 5.74) is 0.685. The monoisotopic (exact) mass is 489 g/mol. The Morgan fingerprint density at radius 3 is 2.74 bits per heavy atom. The Kier molecular flexibility index (Phi) is 6.27. The second-order valence-corrected chi connectivity index (χ2v) is 9.69. The molecular weight excluding hydrogens is 463 g/mol. The molecule has 0 saturated carbocycles. The van der Waals surface area contributed by atoms with Crippen LogP contribution in [0.25, 0.3) is 5.65 Å². The Labute approximate surface area is 200 Å². The average Bonchev–Trinajstić information content (AvgIpc) is 3.45. The van der Waals surface area contributed by atoms with Gasteiger partial charge >= 0.3 is 6.18 Å². The van der Waals surface area contributed by atoms with Gasteiger partial charge in [0.2, 0.25) is 0 Å². The first kappa shape index (κ1) is 23.7. The molecule has 7 nitrogen and oxygen atoms in total. The van der Waals surface area contributed by atoms with Gasteiger partial charge in [0.15, 0.2) is 5.78 Å². The number of nitrogens with zero attached hydrogens (tertiary/aromatic N) is 3. The molecule has 2 saturated heterocycles. The van der Waals surface area contributed by atoms with E-state index < -0.39 is 17.7 Å². The Hall–Kier alpha value is -2.98. The van der Waals surface area contributed by atoms with Crippen molar-refractivity contribution in [2.24, 2.45) is 11.3 Å². The number of halogens is 3. The summed E-state index contributed by atoms with van der Waals surface area (Å²) in [5.74, 6) is 0.372. The number of alkyl halides is 3. The number of rotatable bonds is 8. The van der Waals surface area contributed by atoms with E-state index in [0.717, 1.165) is 31.2 Å². The zero-order chi connectivity index (χ0) is 24.6. The van der Waals surface area contributed by atoms with Crippen molar-refractivity contribution in [3.8, 4) is 5.75 Å². The lowest BCUT2D eigenvalue weighted by Crippen LogP contribution is -2.44. The summed E-state index contributed by atoms with van der Waals surface area (Å²) in [4.78, 5) is 21.2. The van der Waals surface area contributed by atoms with E-state index in [1.165, 1.54) is 12.1 Å². The van der Waals surface area contributed by atoms with Crippen LogP contribution in [0.3, 0.4) is 0 Å². The quantitative estimate of drug-likeness (QED) is 0.443. The molecule has 5 rings (SSSR count). The number of fused-ring (bicyclic) bond motifs is 1. The number of carbonyl (C=O) groups is 1. The third-order valence-electron chi connectivity index (χ3n) is 6.36. The van der Waals surface area contributed by atoms with Gasteiger partial charge in [0.1, 0.15) is 22.8 Å². The molecule has 2 aliphatic heterocycles. The Bertz CT molecular complexity index is 1230. The molecule has 10 heteroatoms. The van der Waals surface area contributed by atoms with Crippen molar-refractivity contribution in [3.05, 3.63) is 59.3 Å². The first-order chi connectivity index (χ1) is 16.7. The highest BCUT2D eigenvalue weighted by Crippen LogP contribution is 2.31. The molecule has 0 aliphatic carbocycles. The molecule has 5 heterocycles. The molecule has 35 heavy (non-hydrogen) atoms. The molecule has 3 aromatic rings. The maximum Gasteiger partial charge on any atom is 0.433 e. The number of imidazole rings is 1. The summed E-state index contributed by atoms with van der Waals surface area (Å²) >= 11 is 0. The summed E-state index contributed by atoms with van der Waals surface area (Å²) in [6.45, 7) is 5.06. The number of carbonyl (C=O) groups excluding carboxylic acids is 1. The lowest BCUT2D eigenvalue weighted by atomic mass is 9.90. The fraction of sp³-hybridized carbons (Fsp3) is 0.480. The molecule has 1 unspecified atom stereocenters. The summed E-state index contributed by atoms with van der Waals surface area (Å²) in [6, 6.07) is 5.11. The molecule has 186 valence electrons. The van der Waals surface area contributed by atoms with Gasteiger partial charge < -0.3 is 18.6 Å². The average molecular weight is 489 g/mol. The predicted octanol–water partition coefficient (Wildman–Crippen LogP) is 4.17. The number of Topliss-reactive ketones (excluding diaryl/α,β-unsaturated/α-hetero) is 1. The number of ether oxygens (including phenoxy) is 3. The van der Waals surface area contributed by atoms with Gasteiger partial charge in [0, 0.05) is 49.1 Å². The molecule has 2 fully saturated rings. The predicted molar refractivity (Wildman–Crippen MR) is 120 cm³/mol. The first-order valence-electron chi connectivity index (χ1n) is 11.5. The van der Waals surface area contributed by atoms with E-state index in [0.29, 0.717) is 49.3 Å². The summed E-state index contributed by atoms with van der Waals surface area (Å²) < 4.78 is 57.9. The number of aromatic nitrogens is 3. The van der Waals surface area contributed by atoms with Crippen molar-refractivity contribution in [3.63, 3.8) is 0 Å². The van der Waals surface area contributed by atoms with Gasteiger partial charge in [0.05, 0.1) is 25.5 Å². The van der Waals surface area contributed by atoms with E-state index in [1.54, 1.807) is 12.3 Å². The third kappa shape index (κ3) is 5.33. The SMILES string of the molecule is CC1(COc2cc3nc(CC4CCOC4)cn3cc2CC(=O)c2cccc(C(F)(F)F)n2)COC1. The van der Waals surface area contributed by atoms with Gasteiger partial charge in [0.25, 0.3) is 0 Å². The van der Waals surface area contributed by atoms with E-state index in [-0.39, 0.29) is 17.5 Å². The second-order valence-electron chi connectivity index (χ2n) is 9.69. The zero-order valence-corrected chi connectivity index (χ0v) is 19.3. The highest BCUT2D eigenvalue weighted by molar-refractivity contribution is 5.96. The lowest BCUT2D eigenvalue weighted by molar-refractivity contribution is -0.141. The highest BCUT2D eigenvalue weighted by atomic mass is 19.4. The topological polar surface area (TPSA) is 75.0 Å². The molecular formula is C25H26F3N3O4. The molecule has 0 aromatic carbocycles. The molecule has 0 N–H and O–H groups in total. The molecule has 2 aliphatic rings. The summed E-state index contributed by atoms with van der Waals surface area (Å²) in [7, 11) is 0. The number of pyridine rings is 2. The van der Waals surface area contributed by atoms with Gasteiger partial charge in [-0.3, -0.25) is 4.79 Å². The van der Waals surface area contributed by atoms with Crippen LogP contribution in [-0.2, 0) is 28.5 Å². The van der Waals surface area contributed by atoms with E-state index in [4.69, 9.17) is 19.2 Å². The van der Waals surface area contributed by atoms with Crippen LogP contribution in [0.5, 0.6) is 5.75 Å². The van der Waals surface area contributed by atoms with E-state index in [9.17, 15) is 18.0 Å². The Morgan fingerprint density at radius 1 is 1.23 bits per heavy atom. The molecule has 0 radical (unpaired) electrons. The zero-order valence-electron chi connectivity index (χ0n) is 19.3. The molecule has 3 aromatic heterocycles. The highest BCUT2D eigenvalue weighted by Gasteiger charge is 2.35. The van der Waals surface area contributed by atoms with Gasteiger partial charge in [-0.05, 0) is 30.9 Å². The Balaban J connectivity index is 1.43. The van der Waals surface area contributed by atoms with Crippen LogP contribution in [-0.4, -0.2) is 53.2 Å². The maximum atomic E-state index is 13.1. The van der Waals surface area contributed by atoms with Gasteiger partial charge in [-0.2, -0.15) is 13.2 Å². The fourth-order valence-electron chi connectivity index (χ4n) is 4.31. The normalized spacial score (nSPS) is 19.6. The van der Waals surface area contributed by atoms with Crippen LogP contribution < -0.4 is 4.74 Å². The Morgan fingerprint density at radius 2 is 2.06 bits per heavy atom. The van der Waals surface area contributed by atoms with Crippen molar-refractivity contribution >= 4 is 11.4 Å². The minimum atomic E-state index is -4.62. The minimum absolute atomic E-state index is 0.126. The number of hydrogen-bond donors (Lipinski definition) is 0. The van der Waals surface area contributed by atoms with Crippen molar-refractivity contribution in [2.45, 2.75) is 32.4 Å². The minimum Gasteiger partial charge on any atom is -0.492 e.